The highest BCUT2D eigenvalue weighted by Crippen LogP contribution is 2.44. The Morgan fingerprint density at radius 3 is 2.71 bits per heavy atom. The van der Waals surface area contributed by atoms with Gasteiger partial charge in [0.15, 0.2) is 17.7 Å². The van der Waals surface area contributed by atoms with Crippen LogP contribution in [0, 0.1) is 5.92 Å². The van der Waals surface area contributed by atoms with Gasteiger partial charge in [0.1, 0.15) is 5.60 Å². The second-order valence-corrected chi connectivity index (χ2v) is 8.93. The molecule has 1 saturated heterocycles. The highest BCUT2D eigenvalue weighted by molar-refractivity contribution is 9.10. The van der Waals surface area contributed by atoms with Crippen LogP contribution in [0.15, 0.2) is 16.6 Å². The lowest BCUT2D eigenvalue weighted by Gasteiger charge is -2.36. The normalized spacial score (nSPS) is 22.0. The maximum absolute atomic E-state index is 6.52. The van der Waals surface area contributed by atoms with Crippen molar-refractivity contribution >= 4 is 15.9 Å². The third-order valence-electron chi connectivity index (χ3n) is 5.12. The van der Waals surface area contributed by atoms with Gasteiger partial charge in [-0.05, 0) is 51.2 Å². The second-order valence-electron chi connectivity index (χ2n) is 8.01. The van der Waals surface area contributed by atoms with Crippen LogP contribution in [0.2, 0.25) is 0 Å². The lowest BCUT2D eigenvalue weighted by Crippen LogP contribution is -2.44. The van der Waals surface area contributed by atoms with Crippen LogP contribution in [-0.4, -0.2) is 29.8 Å². The van der Waals surface area contributed by atoms with Crippen LogP contribution >= 0.6 is 15.9 Å². The summed E-state index contributed by atoms with van der Waals surface area (Å²) in [5.74, 6) is 2.67. The number of likely N-dealkylation sites (tertiary alicyclic amines) is 1. The van der Waals surface area contributed by atoms with Gasteiger partial charge in [0.2, 0.25) is 0 Å². The van der Waals surface area contributed by atoms with Gasteiger partial charge in [-0.2, -0.15) is 0 Å². The standard InChI is InChI=1S/C20H30BrNO2/c1-5-6-18(22-9-7-14(2)8-10-22)23-17-12-16(21)11-15-13-20(3,4)24-19(15)17/h11-12,14,18H,5-10,13H2,1-4H3. The number of benzene rings is 1. The molecular formula is C20H30BrNO2. The fourth-order valence-corrected chi connectivity index (χ4v) is 4.24. The van der Waals surface area contributed by atoms with E-state index in [1.807, 2.05) is 0 Å². The molecule has 0 aromatic heterocycles. The van der Waals surface area contributed by atoms with Gasteiger partial charge in [0, 0.05) is 29.5 Å². The highest BCUT2D eigenvalue weighted by Gasteiger charge is 2.34. The van der Waals surface area contributed by atoms with Crippen molar-refractivity contribution < 1.29 is 9.47 Å². The molecule has 2 aliphatic heterocycles. The van der Waals surface area contributed by atoms with E-state index in [1.165, 1.54) is 18.4 Å². The molecule has 0 aliphatic carbocycles. The smallest absolute Gasteiger partial charge is 0.165 e. The van der Waals surface area contributed by atoms with E-state index < -0.39 is 0 Å². The Hall–Kier alpha value is -0.740. The molecule has 4 heteroatoms. The third kappa shape index (κ3) is 4.08. The summed E-state index contributed by atoms with van der Waals surface area (Å²) in [6.45, 7) is 11.1. The Morgan fingerprint density at radius 2 is 2.04 bits per heavy atom. The van der Waals surface area contributed by atoms with Crippen LogP contribution in [0.1, 0.15) is 58.9 Å². The molecule has 0 radical (unpaired) electrons. The zero-order valence-corrected chi connectivity index (χ0v) is 17.0. The maximum atomic E-state index is 6.52. The minimum atomic E-state index is -0.151. The molecule has 1 aromatic carbocycles. The van der Waals surface area contributed by atoms with Crippen molar-refractivity contribution in [1.29, 1.82) is 0 Å². The summed E-state index contributed by atoms with van der Waals surface area (Å²) in [4.78, 5) is 2.51. The summed E-state index contributed by atoms with van der Waals surface area (Å²) >= 11 is 3.64. The first kappa shape index (κ1) is 18.1. The largest absolute Gasteiger partial charge is 0.483 e. The molecule has 3 nitrogen and oxygen atoms in total. The quantitative estimate of drug-likeness (QED) is 0.665. The number of ether oxygens (including phenoxy) is 2. The highest BCUT2D eigenvalue weighted by atomic mass is 79.9. The van der Waals surface area contributed by atoms with Crippen LogP contribution in [0.3, 0.4) is 0 Å². The van der Waals surface area contributed by atoms with Crippen LogP contribution < -0.4 is 9.47 Å². The van der Waals surface area contributed by atoms with Crippen molar-refractivity contribution in [1.82, 2.24) is 4.90 Å². The van der Waals surface area contributed by atoms with E-state index in [0.29, 0.717) is 0 Å². The topological polar surface area (TPSA) is 21.7 Å². The zero-order valence-electron chi connectivity index (χ0n) is 15.4. The van der Waals surface area contributed by atoms with Crippen molar-refractivity contribution in [3.63, 3.8) is 0 Å². The SMILES string of the molecule is CCCC(Oc1cc(Br)cc2c1OC(C)(C)C2)N1CCC(C)CC1. The van der Waals surface area contributed by atoms with Crippen LogP contribution in [-0.2, 0) is 6.42 Å². The van der Waals surface area contributed by atoms with E-state index >= 15 is 0 Å². The first-order chi connectivity index (χ1) is 11.4. The molecule has 3 rings (SSSR count). The first-order valence-electron chi connectivity index (χ1n) is 9.30. The van der Waals surface area contributed by atoms with E-state index in [0.717, 1.165) is 54.2 Å². The molecule has 134 valence electrons. The number of halogens is 1. The first-order valence-corrected chi connectivity index (χ1v) is 10.1. The molecule has 0 N–H and O–H groups in total. The fraction of sp³-hybridized carbons (Fsp3) is 0.700. The Bertz CT molecular complexity index is 579. The molecule has 2 aliphatic rings. The fourth-order valence-electron chi connectivity index (χ4n) is 3.75. The van der Waals surface area contributed by atoms with E-state index in [2.05, 4.69) is 60.7 Å². The summed E-state index contributed by atoms with van der Waals surface area (Å²) in [6, 6.07) is 4.23. The van der Waals surface area contributed by atoms with Crippen molar-refractivity contribution in [2.75, 3.05) is 13.1 Å². The van der Waals surface area contributed by atoms with Gasteiger partial charge in [0.05, 0.1) is 0 Å². The van der Waals surface area contributed by atoms with Crippen molar-refractivity contribution in [3.05, 3.63) is 22.2 Å². The summed E-state index contributed by atoms with van der Waals surface area (Å²) < 4.78 is 13.8. The van der Waals surface area contributed by atoms with Crippen LogP contribution in [0.4, 0.5) is 0 Å². The van der Waals surface area contributed by atoms with Crippen LogP contribution in [0.5, 0.6) is 11.5 Å². The average molecular weight is 396 g/mol. The summed E-state index contributed by atoms with van der Waals surface area (Å²) in [5, 5.41) is 0. The predicted octanol–water partition coefficient (Wildman–Crippen LogP) is 5.40. The molecule has 0 bridgehead atoms. The van der Waals surface area contributed by atoms with Crippen molar-refractivity contribution in [3.8, 4) is 11.5 Å². The maximum Gasteiger partial charge on any atom is 0.165 e. The third-order valence-corrected chi connectivity index (χ3v) is 5.57. The number of piperidine rings is 1. The predicted molar refractivity (Wildman–Crippen MR) is 102 cm³/mol. The minimum Gasteiger partial charge on any atom is -0.483 e. The Morgan fingerprint density at radius 1 is 1.33 bits per heavy atom. The molecule has 2 heterocycles. The summed E-state index contributed by atoms with van der Waals surface area (Å²) in [6.07, 6.45) is 5.79. The lowest BCUT2D eigenvalue weighted by molar-refractivity contribution is -0.00510. The lowest BCUT2D eigenvalue weighted by atomic mass is 9.99. The summed E-state index contributed by atoms with van der Waals surface area (Å²) in [5.41, 5.74) is 1.09. The Kier molecular flexibility index (Phi) is 5.45. The van der Waals surface area contributed by atoms with Crippen LogP contribution in [0.25, 0.3) is 0 Å². The molecule has 1 aromatic rings. The number of rotatable bonds is 5. The Balaban J connectivity index is 1.81. The molecule has 1 fully saturated rings. The van der Waals surface area contributed by atoms with Gasteiger partial charge >= 0.3 is 0 Å². The van der Waals surface area contributed by atoms with E-state index in [4.69, 9.17) is 9.47 Å². The van der Waals surface area contributed by atoms with Gasteiger partial charge in [-0.25, -0.2) is 0 Å². The number of nitrogens with zero attached hydrogens (tertiary/aromatic N) is 1. The van der Waals surface area contributed by atoms with E-state index in [-0.39, 0.29) is 11.8 Å². The molecule has 1 unspecified atom stereocenters. The van der Waals surface area contributed by atoms with E-state index in [1.54, 1.807) is 0 Å². The summed E-state index contributed by atoms with van der Waals surface area (Å²) in [7, 11) is 0. The minimum absolute atomic E-state index is 0.146. The molecule has 24 heavy (non-hydrogen) atoms. The molecular weight excluding hydrogens is 366 g/mol. The van der Waals surface area contributed by atoms with E-state index in [9.17, 15) is 0 Å². The van der Waals surface area contributed by atoms with Gasteiger partial charge in [0.25, 0.3) is 0 Å². The monoisotopic (exact) mass is 395 g/mol. The van der Waals surface area contributed by atoms with Crippen molar-refractivity contribution in [2.24, 2.45) is 5.92 Å². The second kappa shape index (κ2) is 7.25. The molecule has 0 saturated carbocycles. The average Bonchev–Trinajstić information content (AvgIpc) is 2.81. The molecule has 0 amide bonds. The van der Waals surface area contributed by atoms with Gasteiger partial charge in [-0.3, -0.25) is 4.90 Å². The Labute approximate surface area is 154 Å². The molecule has 0 spiro atoms. The van der Waals surface area contributed by atoms with Gasteiger partial charge in [-0.1, -0.05) is 36.2 Å². The molecule has 1 atom stereocenters. The number of hydrogen-bond acceptors (Lipinski definition) is 3. The van der Waals surface area contributed by atoms with Gasteiger partial charge in [-0.15, -0.1) is 0 Å². The number of hydrogen-bond donors (Lipinski definition) is 0. The van der Waals surface area contributed by atoms with Gasteiger partial charge < -0.3 is 9.47 Å². The zero-order chi connectivity index (χ0) is 17.3. The van der Waals surface area contributed by atoms with Crippen molar-refractivity contribution in [2.45, 2.75) is 71.6 Å². The number of fused-ring (bicyclic) bond motifs is 1.